The summed E-state index contributed by atoms with van der Waals surface area (Å²) in [6.45, 7) is 7.75. The predicted octanol–water partition coefficient (Wildman–Crippen LogP) is 2.53. The van der Waals surface area contributed by atoms with Gasteiger partial charge in [-0.05, 0) is 52.3 Å². The van der Waals surface area contributed by atoms with Gasteiger partial charge >= 0.3 is 11.9 Å². The minimum absolute atomic E-state index is 0.118. The predicted molar refractivity (Wildman–Crippen MR) is 113 cm³/mol. The summed E-state index contributed by atoms with van der Waals surface area (Å²) in [7, 11) is 1.24. The first kappa shape index (κ1) is 22.9. The molecule has 3 rings (SSSR count). The highest BCUT2D eigenvalue weighted by atomic mass is 16.5. The molecular formula is C23H24N2O7. The fraction of sp³-hybridized carbons (Fsp3) is 0.348. The largest absolute Gasteiger partial charge is 0.465 e. The smallest absolute Gasteiger partial charge is 0.339 e. The lowest BCUT2D eigenvalue weighted by Gasteiger charge is -2.22. The van der Waals surface area contributed by atoms with Gasteiger partial charge in [0.05, 0.1) is 29.5 Å². The van der Waals surface area contributed by atoms with Crippen LogP contribution < -0.4 is 0 Å². The molecule has 2 atom stereocenters. The molecule has 0 saturated heterocycles. The molecule has 1 N–H and O–H groups in total. The van der Waals surface area contributed by atoms with Crippen LogP contribution in [-0.2, 0) is 14.3 Å². The summed E-state index contributed by atoms with van der Waals surface area (Å²) in [5, 5.41) is 0. The number of esters is 2. The summed E-state index contributed by atoms with van der Waals surface area (Å²) in [5.74, 6) is -3.22. The molecular weight excluding hydrogens is 416 g/mol. The number of imide groups is 1. The summed E-state index contributed by atoms with van der Waals surface area (Å²) in [6.07, 6.45) is -1.22. The fourth-order valence-electron chi connectivity index (χ4n) is 3.76. The average molecular weight is 440 g/mol. The van der Waals surface area contributed by atoms with Crippen LogP contribution in [-0.4, -0.2) is 58.7 Å². The lowest BCUT2D eigenvalue weighted by atomic mass is 10.1. The van der Waals surface area contributed by atoms with E-state index in [2.05, 4.69) is 4.98 Å². The number of aryl methyl sites for hydroxylation is 2. The van der Waals surface area contributed by atoms with E-state index in [-0.39, 0.29) is 22.4 Å². The second-order valence-corrected chi connectivity index (χ2v) is 7.77. The molecule has 0 aliphatic carbocycles. The maximum Gasteiger partial charge on any atom is 0.339 e. The standard InChI is InChI=1S/C23H24N2O7/c1-10-7-8-15-16(9-10)21(28)25(20(15)27)13(4)22(29)32-14(5)19(26)18-11(2)17(12(3)24-18)23(30)31-6/h7-9,13-14,24H,1-6H3. The molecule has 0 saturated carbocycles. The number of ketones is 1. The zero-order chi connectivity index (χ0) is 23.9. The van der Waals surface area contributed by atoms with E-state index in [1.54, 1.807) is 39.0 Å². The van der Waals surface area contributed by atoms with Gasteiger partial charge in [-0.3, -0.25) is 19.3 Å². The number of benzene rings is 1. The van der Waals surface area contributed by atoms with Crippen LogP contribution in [0.4, 0.5) is 0 Å². The van der Waals surface area contributed by atoms with E-state index >= 15 is 0 Å². The zero-order valence-electron chi connectivity index (χ0n) is 18.7. The molecule has 2 aromatic rings. The van der Waals surface area contributed by atoms with E-state index in [1.807, 2.05) is 0 Å². The Kier molecular flexibility index (Phi) is 6.03. The topological polar surface area (TPSA) is 123 Å². The molecule has 9 heteroatoms. The second-order valence-electron chi connectivity index (χ2n) is 7.77. The molecule has 1 aliphatic heterocycles. The second kappa shape index (κ2) is 8.41. The van der Waals surface area contributed by atoms with Gasteiger partial charge in [-0.1, -0.05) is 11.6 Å². The van der Waals surface area contributed by atoms with Gasteiger partial charge in [0, 0.05) is 5.69 Å². The third kappa shape index (κ3) is 3.70. The number of carbonyl (C=O) groups excluding carboxylic acids is 5. The molecule has 0 spiro atoms. The Labute approximate surface area is 184 Å². The summed E-state index contributed by atoms with van der Waals surface area (Å²) >= 11 is 0. The monoisotopic (exact) mass is 440 g/mol. The highest BCUT2D eigenvalue weighted by Crippen LogP contribution is 2.26. The number of methoxy groups -OCH3 is 1. The van der Waals surface area contributed by atoms with Gasteiger partial charge in [-0.2, -0.15) is 0 Å². The number of rotatable bonds is 6. The number of ether oxygens (including phenoxy) is 2. The fourth-order valence-corrected chi connectivity index (χ4v) is 3.76. The SMILES string of the molecule is COC(=O)c1c(C)[nH]c(C(=O)C(C)OC(=O)C(C)N2C(=O)c3ccc(C)cc3C2=O)c1C. The van der Waals surface area contributed by atoms with Gasteiger partial charge in [0.1, 0.15) is 6.04 Å². The van der Waals surface area contributed by atoms with Crippen molar-refractivity contribution in [2.24, 2.45) is 0 Å². The van der Waals surface area contributed by atoms with Crippen molar-refractivity contribution in [1.82, 2.24) is 9.88 Å². The Bertz CT molecular complexity index is 1160. The van der Waals surface area contributed by atoms with Crippen molar-refractivity contribution in [1.29, 1.82) is 0 Å². The maximum atomic E-state index is 12.9. The van der Waals surface area contributed by atoms with Crippen LogP contribution >= 0.6 is 0 Å². The number of aromatic nitrogens is 1. The number of aromatic amines is 1. The van der Waals surface area contributed by atoms with Crippen molar-refractivity contribution in [2.75, 3.05) is 7.11 Å². The van der Waals surface area contributed by atoms with Crippen LogP contribution in [0.25, 0.3) is 0 Å². The van der Waals surface area contributed by atoms with E-state index in [1.165, 1.54) is 21.0 Å². The number of nitrogens with zero attached hydrogens (tertiary/aromatic N) is 1. The molecule has 0 fully saturated rings. The molecule has 32 heavy (non-hydrogen) atoms. The third-order valence-electron chi connectivity index (χ3n) is 5.54. The number of H-pyrrole nitrogens is 1. The first-order valence-electron chi connectivity index (χ1n) is 10.00. The quantitative estimate of drug-likeness (QED) is 0.416. The van der Waals surface area contributed by atoms with Crippen LogP contribution in [0.15, 0.2) is 18.2 Å². The average Bonchev–Trinajstić information content (AvgIpc) is 3.18. The summed E-state index contributed by atoms with van der Waals surface area (Å²) < 4.78 is 10.0. The van der Waals surface area contributed by atoms with E-state index in [9.17, 15) is 24.0 Å². The van der Waals surface area contributed by atoms with Crippen molar-refractivity contribution in [3.05, 3.63) is 57.4 Å². The van der Waals surface area contributed by atoms with Gasteiger partial charge in [-0.25, -0.2) is 9.59 Å². The van der Waals surface area contributed by atoms with Gasteiger partial charge in [0.15, 0.2) is 6.10 Å². The molecule has 0 bridgehead atoms. The molecule has 1 aliphatic rings. The first-order chi connectivity index (χ1) is 15.0. The van der Waals surface area contributed by atoms with Crippen LogP contribution in [0, 0.1) is 20.8 Å². The molecule has 1 aromatic carbocycles. The van der Waals surface area contributed by atoms with Crippen LogP contribution in [0.2, 0.25) is 0 Å². The van der Waals surface area contributed by atoms with Crippen LogP contribution in [0.1, 0.15) is 72.2 Å². The number of amides is 2. The first-order valence-corrected chi connectivity index (χ1v) is 10.00. The van der Waals surface area contributed by atoms with E-state index in [4.69, 9.17) is 9.47 Å². The zero-order valence-corrected chi connectivity index (χ0v) is 18.7. The Balaban J connectivity index is 1.76. The summed E-state index contributed by atoms with van der Waals surface area (Å²) in [5.41, 5.74) is 2.45. The Morgan fingerprint density at radius 3 is 2.25 bits per heavy atom. The number of nitrogens with one attached hydrogen (secondary N) is 1. The number of hydrogen-bond acceptors (Lipinski definition) is 7. The summed E-state index contributed by atoms with van der Waals surface area (Å²) in [4.78, 5) is 66.5. The van der Waals surface area contributed by atoms with Gasteiger partial charge in [-0.15, -0.1) is 0 Å². The minimum atomic E-state index is -1.23. The van der Waals surface area contributed by atoms with E-state index in [0.717, 1.165) is 10.5 Å². The van der Waals surface area contributed by atoms with Crippen LogP contribution in [0.5, 0.6) is 0 Å². The van der Waals surface area contributed by atoms with Crippen molar-refractivity contribution in [2.45, 2.75) is 46.8 Å². The van der Waals surface area contributed by atoms with Crippen molar-refractivity contribution in [3.63, 3.8) is 0 Å². The van der Waals surface area contributed by atoms with Gasteiger partial charge < -0.3 is 14.5 Å². The van der Waals surface area contributed by atoms with E-state index in [0.29, 0.717) is 11.3 Å². The number of carbonyl (C=O) groups is 5. The van der Waals surface area contributed by atoms with Crippen LogP contribution in [0.3, 0.4) is 0 Å². The van der Waals surface area contributed by atoms with Crippen molar-refractivity contribution < 1.29 is 33.4 Å². The Morgan fingerprint density at radius 2 is 1.62 bits per heavy atom. The molecule has 2 heterocycles. The molecule has 0 radical (unpaired) electrons. The number of fused-ring (bicyclic) bond motifs is 1. The Hall–Kier alpha value is -3.75. The normalized spacial score (nSPS) is 14.8. The third-order valence-corrected chi connectivity index (χ3v) is 5.54. The van der Waals surface area contributed by atoms with Gasteiger partial charge in [0.25, 0.3) is 11.8 Å². The van der Waals surface area contributed by atoms with Crippen molar-refractivity contribution in [3.8, 4) is 0 Å². The molecule has 168 valence electrons. The lowest BCUT2D eigenvalue weighted by molar-refractivity contribution is -0.150. The van der Waals surface area contributed by atoms with Crippen molar-refractivity contribution >= 4 is 29.5 Å². The van der Waals surface area contributed by atoms with Gasteiger partial charge in [0.2, 0.25) is 5.78 Å². The minimum Gasteiger partial charge on any atom is -0.465 e. The molecule has 2 amide bonds. The molecule has 2 unspecified atom stereocenters. The molecule has 9 nitrogen and oxygen atoms in total. The number of Topliss-reactive ketones (excluding diaryl/α,β-unsaturated/α-hetero) is 1. The number of hydrogen-bond donors (Lipinski definition) is 1. The lowest BCUT2D eigenvalue weighted by Crippen LogP contribution is -2.45. The maximum absolute atomic E-state index is 12.9. The summed E-state index contributed by atoms with van der Waals surface area (Å²) in [6, 6.07) is 3.62. The Morgan fingerprint density at radius 1 is 1.00 bits per heavy atom. The molecule has 1 aromatic heterocycles. The highest BCUT2D eigenvalue weighted by molar-refractivity contribution is 6.22. The van der Waals surface area contributed by atoms with E-state index < -0.39 is 41.7 Å². The highest BCUT2D eigenvalue weighted by Gasteiger charge is 2.42.